The van der Waals surface area contributed by atoms with Crippen molar-refractivity contribution in [2.75, 3.05) is 5.32 Å². The van der Waals surface area contributed by atoms with E-state index < -0.39 is 9.15 Å². The summed E-state index contributed by atoms with van der Waals surface area (Å²) < 4.78 is 11.6. The molecule has 3 nitrogen and oxygen atoms in total. The van der Waals surface area contributed by atoms with Crippen LogP contribution in [-0.4, -0.2) is 10.1 Å². The zero-order valence-electron chi connectivity index (χ0n) is 6.87. The topological polar surface area (TPSA) is 46.2 Å². The van der Waals surface area contributed by atoms with Crippen molar-refractivity contribution in [3.05, 3.63) is 18.2 Å². The molecule has 1 aromatic rings. The minimum Gasteiger partial charge on any atom is -0.325 e. The Hall–Kier alpha value is -0.870. The molecule has 5 heteroatoms. The van der Waals surface area contributed by atoms with Gasteiger partial charge in [-0.3, -0.25) is 9.00 Å². The third-order valence-corrected chi connectivity index (χ3v) is 5.00. The van der Waals surface area contributed by atoms with Crippen molar-refractivity contribution in [1.82, 2.24) is 0 Å². The van der Waals surface area contributed by atoms with Crippen LogP contribution in [0.4, 0.5) is 5.69 Å². The SMILES string of the molecule is CC(=O)Nc1ccc2cc1[SH]2(=O)Cl. The predicted molar refractivity (Wildman–Crippen MR) is 52.7 cm³/mol. The molecule has 0 spiro atoms. The summed E-state index contributed by atoms with van der Waals surface area (Å²) in [6.07, 6.45) is 0. The van der Waals surface area contributed by atoms with Crippen molar-refractivity contribution in [1.29, 1.82) is 0 Å². The third kappa shape index (κ3) is 1.17. The average Bonchev–Trinajstić information content (AvgIpc) is 2.03. The van der Waals surface area contributed by atoms with E-state index in [1.54, 1.807) is 18.2 Å². The number of carbonyl (C=O) groups is 1. The summed E-state index contributed by atoms with van der Waals surface area (Å²) in [6.45, 7) is 1.40. The molecule has 0 saturated heterocycles. The highest BCUT2D eigenvalue weighted by Gasteiger charge is 2.30. The fraction of sp³-hybridized carbons (Fsp3) is 0.125. The quantitative estimate of drug-likeness (QED) is 0.554. The van der Waals surface area contributed by atoms with Gasteiger partial charge in [-0.25, -0.2) is 0 Å². The van der Waals surface area contributed by atoms with Crippen molar-refractivity contribution in [2.24, 2.45) is 0 Å². The van der Waals surface area contributed by atoms with Crippen molar-refractivity contribution in [3.8, 4) is 0 Å². The fourth-order valence-electron chi connectivity index (χ4n) is 1.31. The van der Waals surface area contributed by atoms with Crippen LogP contribution in [0.5, 0.6) is 0 Å². The van der Waals surface area contributed by atoms with E-state index >= 15 is 0 Å². The number of fused-ring (bicyclic) bond motifs is 2. The Bertz CT molecular complexity index is 440. The minimum absolute atomic E-state index is 0.187. The average molecular weight is 218 g/mol. The number of rotatable bonds is 1. The summed E-state index contributed by atoms with van der Waals surface area (Å²) >= 11 is 0. The molecule has 2 aliphatic heterocycles. The van der Waals surface area contributed by atoms with Crippen LogP contribution in [0.1, 0.15) is 6.92 Å². The third-order valence-electron chi connectivity index (χ3n) is 1.93. The fourth-order valence-corrected chi connectivity index (χ4v) is 3.42. The van der Waals surface area contributed by atoms with Gasteiger partial charge in [0, 0.05) is 21.0 Å². The number of carbonyl (C=O) groups excluding carboxylic acids is 1. The molecule has 70 valence electrons. The molecule has 0 aromatic heterocycles. The molecule has 2 aliphatic rings. The van der Waals surface area contributed by atoms with Crippen LogP contribution in [0.25, 0.3) is 0 Å². The Morgan fingerprint density at radius 3 is 2.69 bits per heavy atom. The molecule has 0 aliphatic carbocycles. The number of amides is 1. The van der Waals surface area contributed by atoms with Gasteiger partial charge >= 0.3 is 0 Å². The molecule has 13 heavy (non-hydrogen) atoms. The number of thiol groups is 1. The van der Waals surface area contributed by atoms with E-state index in [2.05, 4.69) is 5.32 Å². The minimum atomic E-state index is -2.78. The number of anilines is 1. The lowest BCUT2D eigenvalue weighted by Gasteiger charge is -2.29. The smallest absolute Gasteiger partial charge is 0.221 e. The summed E-state index contributed by atoms with van der Waals surface area (Å²) in [7, 11) is 3.00. The number of hydrogen-bond acceptors (Lipinski definition) is 2. The molecule has 2 bridgehead atoms. The Morgan fingerprint density at radius 1 is 1.54 bits per heavy atom. The molecule has 0 fully saturated rings. The van der Waals surface area contributed by atoms with E-state index in [0.29, 0.717) is 15.5 Å². The van der Waals surface area contributed by atoms with Gasteiger partial charge in [0.05, 0.1) is 10.6 Å². The highest BCUT2D eigenvalue weighted by atomic mass is 35.7. The lowest BCUT2D eigenvalue weighted by atomic mass is 10.3. The molecular weight excluding hydrogens is 210 g/mol. The maximum Gasteiger partial charge on any atom is 0.221 e. The summed E-state index contributed by atoms with van der Waals surface area (Å²) in [5.74, 6) is -0.187. The standard InChI is InChI=1S/C8H8ClNO2S/c1-5(11)10-7-3-2-6-4-8(7)13(6,9)12/h2-4,13H,1H3,(H,10,11). The summed E-state index contributed by atoms with van der Waals surface area (Å²) in [5, 5.41) is 2.58. The first-order valence-corrected chi connectivity index (χ1v) is 6.35. The Balaban J connectivity index is 2.44. The first kappa shape index (κ1) is 8.72. The Kier molecular flexibility index (Phi) is 1.72. The summed E-state index contributed by atoms with van der Waals surface area (Å²) in [5.41, 5.74) is 0.556. The summed E-state index contributed by atoms with van der Waals surface area (Å²) in [4.78, 5) is 12.0. The number of hydrogen-bond donors (Lipinski definition) is 2. The molecule has 0 atom stereocenters. The van der Waals surface area contributed by atoms with Crippen molar-refractivity contribution >= 4 is 31.4 Å². The van der Waals surface area contributed by atoms with E-state index in [1.807, 2.05) is 0 Å². The van der Waals surface area contributed by atoms with Crippen LogP contribution in [0.3, 0.4) is 0 Å². The van der Waals surface area contributed by atoms with E-state index in [9.17, 15) is 9.00 Å². The number of halogens is 1. The van der Waals surface area contributed by atoms with Crippen LogP contribution in [0.2, 0.25) is 0 Å². The molecule has 0 radical (unpaired) electrons. The molecule has 2 heterocycles. The van der Waals surface area contributed by atoms with Crippen molar-refractivity contribution in [2.45, 2.75) is 16.7 Å². The zero-order valence-corrected chi connectivity index (χ0v) is 8.52. The van der Waals surface area contributed by atoms with Gasteiger partial charge in [-0.05, 0) is 28.9 Å². The Labute approximate surface area is 81.0 Å². The van der Waals surface area contributed by atoms with Gasteiger partial charge in [0.25, 0.3) is 0 Å². The van der Waals surface area contributed by atoms with Gasteiger partial charge in [-0.2, -0.15) is 0 Å². The second-order valence-corrected chi connectivity index (χ2v) is 6.41. The largest absolute Gasteiger partial charge is 0.325 e. The molecule has 1 N–H and O–H groups in total. The zero-order chi connectivity index (χ0) is 9.64. The first-order valence-electron chi connectivity index (χ1n) is 3.74. The van der Waals surface area contributed by atoms with Gasteiger partial charge in [0.1, 0.15) is 0 Å². The van der Waals surface area contributed by atoms with E-state index in [0.717, 1.165) is 0 Å². The van der Waals surface area contributed by atoms with Gasteiger partial charge in [-0.1, -0.05) is 0 Å². The van der Waals surface area contributed by atoms with Gasteiger partial charge in [0.2, 0.25) is 5.91 Å². The highest BCUT2D eigenvalue weighted by Crippen LogP contribution is 2.46. The molecule has 0 saturated carbocycles. The van der Waals surface area contributed by atoms with Crippen LogP contribution >= 0.6 is 10.7 Å². The highest BCUT2D eigenvalue weighted by molar-refractivity contribution is 8.24. The lowest BCUT2D eigenvalue weighted by molar-refractivity contribution is -0.114. The maximum atomic E-state index is 11.6. The van der Waals surface area contributed by atoms with Crippen molar-refractivity contribution in [3.63, 3.8) is 0 Å². The second kappa shape index (κ2) is 2.56. The van der Waals surface area contributed by atoms with Crippen molar-refractivity contribution < 1.29 is 9.00 Å². The van der Waals surface area contributed by atoms with Gasteiger partial charge in [0.15, 0.2) is 0 Å². The van der Waals surface area contributed by atoms with E-state index in [4.69, 9.17) is 10.7 Å². The van der Waals surface area contributed by atoms with Crippen LogP contribution in [0.15, 0.2) is 28.0 Å². The monoisotopic (exact) mass is 217 g/mol. The van der Waals surface area contributed by atoms with Gasteiger partial charge < -0.3 is 5.32 Å². The molecule has 1 amide bonds. The predicted octanol–water partition coefficient (Wildman–Crippen LogP) is 1.55. The van der Waals surface area contributed by atoms with Crippen LogP contribution in [-0.2, 0) is 13.9 Å². The first-order chi connectivity index (χ1) is 6.01. The summed E-state index contributed by atoms with van der Waals surface area (Å²) in [6, 6.07) is 5.12. The molecule has 1 aromatic carbocycles. The van der Waals surface area contributed by atoms with Gasteiger partial charge in [-0.15, -0.1) is 0 Å². The second-order valence-electron chi connectivity index (χ2n) is 2.92. The Morgan fingerprint density at radius 2 is 2.23 bits per heavy atom. The molecular formula is C8H8ClNO2S. The van der Waals surface area contributed by atoms with E-state index in [1.165, 1.54) is 6.92 Å². The van der Waals surface area contributed by atoms with E-state index in [-0.39, 0.29) is 5.91 Å². The van der Waals surface area contributed by atoms with Crippen LogP contribution in [0, 0.1) is 0 Å². The lowest BCUT2D eigenvalue weighted by Crippen LogP contribution is -2.19. The van der Waals surface area contributed by atoms with Crippen LogP contribution < -0.4 is 5.32 Å². The maximum absolute atomic E-state index is 11.6. The number of nitrogens with one attached hydrogen (secondary N) is 1. The normalized spacial score (nSPS) is 18.6. The molecule has 0 unspecified atom stereocenters. The number of benzene rings is 1. The molecule has 3 rings (SSSR count).